The van der Waals surface area contributed by atoms with Gasteiger partial charge in [-0.1, -0.05) is 27.7 Å². The first-order valence-corrected chi connectivity index (χ1v) is 6.75. The molecule has 0 radical (unpaired) electrons. The molecule has 0 aliphatic carbocycles. The van der Waals surface area contributed by atoms with Gasteiger partial charge in [-0.3, -0.25) is 4.79 Å². The van der Waals surface area contributed by atoms with Gasteiger partial charge < -0.3 is 0 Å². The van der Waals surface area contributed by atoms with Crippen molar-refractivity contribution in [3.63, 3.8) is 0 Å². The van der Waals surface area contributed by atoms with Gasteiger partial charge in [-0.25, -0.2) is 8.42 Å². The number of hydrogen-bond acceptors (Lipinski definition) is 3. The molecule has 0 N–H and O–H groups in total. The van der Waals surface area contributed by atoms with Gasteiger partial charge in [0.1, 0.15) is 5.78 Å². The first-order valence-electron chi connectivity index (χ1n) is 4.93. The lowest BCUT2D eigenvalue weighted by atomic mass is 9.89. The lowest BCUT2D eigenvalue weighted by Crippen LogP contribution is -2.23. The molecule has 0 atom stereocenters. The second kappa shape index (κ2) is 4.91. The smallest absolute Gasteiger partial charge is 0.150 e. The lowest BCUT2D eigenvalue weighted by Gasteiger charge is -2.16. The molecule has 0 saturated heterocycles. The predicted molar refractivity (Wildman–Crippen MR) is 58.0 cm³/mol. The highest BCUT2D eigenvalue weighted by molar-refractivity contribution is 7.91. The number of Topliss-reactive ketones (excluding diaryl/α,β-unsaturated/α-hetero) is 1. The van der Waals surface area contributed by atoms with Crippen LogP contribution in [0.25, 0.3) is 0 Å². The molecule has 0 aliphatic heterocycles. The highest BCUT2D eigenvalue weighted by Gasteiger charge is 2.22. The number of hydrogen-bond donors (Lipinski definition) is 0. The van der Waals surface area contributed by atoms with Gasteiger partial charge in [0.2, 0.25) is 0 Å². The van der Waals surface area contributed by atoms with Crippen molar-refractivity contribution in [1.29, 1.82) is 0 Å². The minimum atomic E-state index is -3.01. The zero-order valence-corrected chi connectivity index (χ0v) is 10.3. The molecule has 0 bridgehead atoms. The fraction of sp³-hybridized carbons (Fsp3) is 0.900. The molecule has 0 heterocycles. The standard InChI is InChI=1S/C10H20O3S/c1-5-7-14(12,13)8-6-9(11)10(2,3)4/h5-8H2,1-4H3. The zero-order valence-electron chi connectivity index (χ0n) is 9.46. The predicted octanol–water partition coefficient (Wildman–Crippen LogP) is 1.82. The molecule has 14 heavy (non-hydrogen) atoms. The van der Waals surface area contributed by atoms with E-state index in [1.807, 2.05) is 27.7 Å². The third-order valence-electron chi connectivity index (χ3n) is 1.99. The molecule has 0 unspecified atom stereocenters. The van der Waals surface area contributed by atoms with E-state index in [1.165, 1.54) is 0 Å². The SMILES string of the molecule is CCCS(=O)(=O)CCC(=O)C(C)(C)C. The molecule has 84 valence electrons. The molecule has 0 aliphatic rings. The van der Waals surface area contributed by atoms with Crippen LogP contribution in [0.3, 0.4) is 0 Å². The Morgan fingerprint density at radius 1 is 1.14 bits per heavy atom. The van der Waals surface area contributed by atoms with Crippen LogP contribution in [0.2, 0.25) is 0 Å². The Balaban J connectivity index is 4.14. The summed E-state index contributed by atoms with van der Waals surface area (Å²) in [4.78, 5) is 11.5. The van der Waals surface area contributed by atoms with Crippen LogP contribution in [0.4, 0.5) is 0 Å². The number of carbonyl (C=O) groups excluding carboxylic acids is 1. The van der Waals surface area contributed by atoms with E-state index in [4.69, 9.17) is 0 Å². The quantitative estimate of drug-likeness (QED) is 0.710. The minimum absolute atomic E-state index is 0.00303. The summed E-state index contributed by atoms with van der Waals surface area (Å²) in [6.07, 6.45) is 0.762. The van der Waals surface area contributed by atoms with E-state index in [-0.39, 0.29) is 23.7 Å². The van der Waals surface area contributed by atoms with Crippen molar-refractivity contribution < 1.29 is 13.2 Å². The first-order chi connectivity index (χ1) is 6.19. The topological polar surface area (TPSA) is 51.2 Å². The van der Waals surface area contributed by atoms with Crippen LogP contribution in [0, 0.1) is 5.41 Å². The van der Waals surface area contributed by atoms with Crippen molar-refractivity contribution in [1.82, 2.24) is 0 Å². The summed E-state index contributed by atoms with van der Waals surface area (Å²) in [5.41, 5.74) is -0.429. The largest absolute Gasteiger partial charge is 0.299 e. The number of rotatable bonds is 5. The van der Waals surface area contributed by atoms with Crippen LogP contribution in [0.1, 0.15) is 40.5 Å². The second-order valence-corrected chi connectivity index (χ2v) is 6.88. The highest BCUT2D eigenvalue weighted by Crippen LogP contribution is 2.17. The molecule has 3 nitrogen and oxygen atoms in total. The molecule has 0 saturated carbocycles. The summed E-state index contributed by atoms with van der Waals surface area (Å²) >= 11 is 0. The zero-order chi connectivity index (χ0) is 11.4. The maximum atomic E-state index is 11.5. The Labute approximate surface area is 86.8 Å². The van der Waals surface area contributed by atoms with Crippen LogP contribution in [-0.4, -0.2) is 25.7 Å². The van der Waals surface area contributed by atoms with Crippen LogP contribution in [-0.2, 0) is 14.6 Å². The van der Waals surface area contributed by atoms with Crippen molar-refractivity contribution >= 4 is 15.6 Å². The Hall–Kier alpha value is -0.380. The number of carbonyl (C=O) groups is 1. The molecular formula is C10H20O3S. The maximum Gasteiger partial charge on any atom is 0.150 e. The molecule has 0 spiro atoms. The van der Waals surface area contributed by atoms with Crippen molar-refractivity contribution in [2.45, 2.75) is 40.5 Å². The van der Waals surface area contributed by atoms with Crippen LogP contribution in [0.15, 0.2) is 0 Å². The average Bonchev–Trinajstić information content (AvgIpc) is 1.98. The second-order valence-electron chi connectivity index (χ2n) is 4.57. The summed E-state index contributed by atoms with van der Waals surface area (Å²) in [5, 5.41) is 0. The summed E-state index contributed by atoms with van der Waals surface area (Å²) in [6.45, 7) is 7.24. The summed E-state index contributed by atoms with van der Waals surface area (Å²) in [6, 6.07) is 0. The lowest BCUT2D eigenvalue weighted by molar-refractivity contribution is -0.125. The van der Waals surface area contributed by atoms with Crippen molar-refractivity contribution in [3.05, 3.63) is 0 Å². The van der Waals surface area contributed by atoms with Crippen LogP contribution in [0.5, 0.6) is 0 Å². The van der Waals surface area contributed by atoms with Crippen molar-refractivity contribution in [2.24, 2.45) is 5.41 Å². The highest BCUT2D eigenvalue weighted by atomic mass is 32.2. The Morgan fingerprint density at radius 2 is 1.64 bits per heavy atom. The Bertz CT molecular complexity index is 283. The summed E-state index contributed by atoms with van der Waals surface area (Å²) in [7, 11) is -3.01. The van der Waals surface area contributed by atoms with E-state index in [0.717, 1.165) is 0 Å². The van der Waals surface area contributed by atoms with Gasteiger partial charge in [0.15, 0.2) is 9.84 Å². The minimum Gasteiger partial charge on any atom is -0.299 e. The monoisotopic (exact) mass is 220 g/mol. The normalized spacial score (nSPS) is 12.9. The van der Waals surface area contributed by atoms with E-state index in [2.05, 4.69) is 0 Å². The molecule has 0 rings (SSSR count). The van der Waals surface area contributed by atoms with Gasteiger partial charge in [0.05, 0.1) is 5.75 Å². The van der Waals surface area contributed by atoms with Gasteiger partial charge in [0.25, 0.3) is 0 Å². The van der Waals surface area contributed by atoms with E-state index in [9.17, 15) is 13.2 Å². The van der Waals surface area contributed by atoms with Gasteiger partial charge >= 0.3 is 0 Å². The van der Waals surface area contributed by atoms with Gasteiger partial charge in [-0.15, -0.1) is 0 Å². The Morgan fingerprint density at radius 3 is 2.00 bits per heavy atom. The molecule has 0 fully saturated rings. The van der Waals surface area contributed by atoms with E-state index < -0.39 is 15.3 Å². The number of ketones is 1. The maximum absolute atomic E-state index is 11.5. The summed E-state index contributed by atoms with van der Waals surface area (Å²) < 4.78 is 22.6. The van der Waals surface area contributed by atoms with Gasteiger partial charge in [-0.05, 0) is 6.42 Å². The first kappa shape index (κ1) is 13.6. The van der Waals surface area contributed by atoms with E-state index in [0.29, 0.717) is 6.42 Å². The fourth-order valence-corrected chi connectivity index (χ4v) is 2.36. The van der Waals surface area contributed by atoms with E-state index in [1.54, 1.807) is 0 Å². The summed E-state index contributed by atoms with van der Waals surface area (Å²) in [5.74, 6) is 0.193. The third kappa shape index (κ3) is 5.37. The van der Waals surface area contributed by atoms with E-state index >= 15 is 0 Å². The average molecular weight is 220 g/mol. The van der Waals surface area contributed by atoms with Gasteiger partial charge in [-0.2, -0.15) is 0 Å². The molecule has 0 amide bonds. The fourth-order valence-electron chi connectivity index (χ4n) is 1.04. The molecular weight excluding hydrogens is 200 g/mol. The molecule has 0 aromatic rings. The van der Waals surface area contributed by atoms with Crippen LogP contribution >= 0.6 is 0 Å². The Kier molecular flexibility index (Phi) is 4.78. The third-order valence-corrected chi connectivity index (χ3v) is 3.85. The van der Waals surface area contributed by atoms with Crippen molar-refractivity contribution in [2.75, 3.05) is 11.5 Å². The molecule has 4 heteroatoms. The van der Waals surface area contributed by atoms with Crippen molar-refractivity contribution in [3.8, 4) is 0 Å². The number of sulfone groups is 1. The van der Waals surface area contributed by atoms with Crippen LogP contribution < -0.4 is 0 Å². The molecule has 0 aromatic carbocycles. The molecule has 0 aromatic heterocycles. The van der Waals surface area contributed by atoms with Gasteiger partial charge in [0, 0.05) is 17.6 Å².